The molecular weight excluding hydrogens is 134 g/mol. The minimum absolute atomic E-state index is 0.142. The maximum Gasteiger partial charge on any atom is 0.305 e. The fourth-order valence-corrected chi connectivity index (χ4v) is 0.619. The van der Waals surface area contributed by atoms with Crippen LogP contribution in [0.4, 0.5) is 0 Å². The highest BCUT2D eigenvalue weighted by molar-refractivity contribution is 5.73. The summed E-state index contributed by atoms with van der Waals surface area (Å²) in [5.41, 5.74) is 0. The van der Waals surface area contributed by atoms with Crippen molar-refractivity contribution in [3.05, 3.63) is 0 Å². The van der Waals surface area contributed by atoms with Gasteiger partial charge in [0.1, 0.15) is 6.29 Å². The molecule has 0 aromatic carbocycles. The molecular formula is C6H11NO3. The molecule has 0 bridgehead atoms. The molecule has 0 aromatic heterocycles. The van der Waals surface area contributed by atoms with Crippen molar-refractivity contribution < 1.29 is 14.7 Å². The lowest BCUT2D eigenvalue weighted by atomic mass is 10.2. The van der Waals surface area contributed by atoms with Gasteiger partial charge in [0.15, 0.2) is 0 Å². The second-order valence-corrected chi connectivity index (χ2v) is 1.90. The first-order chi connectivity index (χ1) is 4.70. The first-order valence-corrected chi connectivity index (χ1v) is 3.11. The van der Waals surface area contributed by atoms with Crippen LogP contribution in [-0.2, 0) is 9.59 Å². The van der Waals surface area contributed by atoms with Gasteiger partial charge in [0, 0.05) is 0 Å². The summed E-state index contributed by atoms with van der Waals surface area (Å²) < 4.78 is 0. The Morgan fingerprint density at radius 1 is 1.80 bits per heavy atom. The van der Waals surface area contributed by atoms with Crippen LogP contribution in [0.1, 0.15) is 13.3 Å². The Labute approximate surface area is 59.2 Å². The van der Waals surface area contributed by atoms with Crippen LogP contribution in [0.2, 0.25) is 0 Å². The van der Waals surface area contributed by atoms with Crippen molar-refractivity contribution >= 4 is 12.3 Å². The third kappa shape index (κ3) is 4.03. The summed E-state index contributed by atoms with van der Waals surface area (Å²) in [4.78, 5) is 20.1. The van der Waals surface area contributed by atoms with E-state index in [4.69, 9.17) is 5.11 Å². The molecule has 0 rings (SSSR count). The number of carbonyl (C=O) groups is 2. The third-order valence-corrected chi connectivity index (χ3v) is 1.03. The molecule has 0 unspecified atom stereocenters. The Morgan fingerprint density at radius 2 is 2.40 bits per heavy atom. The maximum absolute atomic E-state index is 10.1. The molecule has 0 spiro atoms. The van der Waals surface area contributed by atoms with Crippen molar-refractivity contribution in [2.45, 2.75) is 19.4 Å². The number of likely N-dealkylation sites (N-methyl/N-ethyl adjacent to an activating group) is 1. The second kappa shape index (κ2) is 4.93. The molecule has 2 N–H and O–H groups in total. The molecule has 0 aromatic rings. The second-order valence-electron chi connectivity index (χ2n) is 1.90. The lowest BCUT2D eigenvalue weighted by Gasteiger charge is -2.05. The number of carboxylic acids is 1. The van der Waals surface area contributed by atoms with E-state index in [0.717, 1.165) is 0 Å². The molecule has 0 aliphatic carbocycles. The third-order valence-electron chi connectivity index (χ3n) is 1.03. The van der Waals surface area contributed by atoms with Gasteiger partial charge in [-0.1, -0.05) is 6.92 Å². The highest BCUT2D eigenvalue weighted by Crippen LogP contribution is 1.86. The van der Waals surface area contributed by atoms with E-state index in [1.54, 1.807) is 0 Å². The SMILES string of the molecule is CCN[C@H](C=O)CC(=O)O. The summed E-state index contributed by atoms with van der Waals surface area (Å²) in [5.74, 6) is -0.960. The van der Waals surface area contributed by atoms with Crippen molar-refractivity contribution in [1.29, 1.82) is 0 Å². The normalized spacial score (nSPS) is 12.5. The standard InChI is InChI=1S/C6H11NO3/c1-2-7-5(4-8)3-6(9)10/h4-5,7H,2-3H2,1H3,(H,9,10)/t5-/m0/s1. The van der Waals surface area contributed by atoms with Gasteiger partial charge in [0.05, 0.1) is 12.5 Å². The molecule has 0 amide bonds. The van der Waals surface area contributed by atoms with Gasteiger partial charge in [-0.25, -0.2) is 0 Å². The summed E-state index contributed by atoms with van der Waals surface area (Å²) in [6.45, 7) is 2.43. The van der Waals surface area contributed by atoms with Crippen molar-refractivity contribution in [1.82, 2.24) is 5.32 Å². The van der Waals surface area contributed by atoms with Gasteiger partial charge in [-0.05, 0) is 6.54 Å². The topological polar surface area (TPSA) is 66.4 Å². The number of carbonyl (C=O) groups excluding carboxylic acids is 1. The fraction of sp³-hybridized carbons (Fsp3) is 0.667. The monoisotopic (exact) mass is 145 g/mol. The number of aliphatic carboxylic acids is 1. The highest BCUT2D eigenvalue weighted by atomic mass is 16.4. The quantitative estimate of drug-likeness (QED) is 0.518. The molecule has 10 heavy (non-hydrogen) atoms. The Morgan fingerprint density at radius 3 is 2.70 bits per heavy atom. The highest BCUT2D eigenvalue weighted by Gasteiger charge is 2.08. The zero-order chi connectivity index (χ0) is 7.98. The van der Waals surface area contributed by atoms with Gasteiger partial charge >= 0.3 is 5.97 Å². The van der Waals surface area contributed by atoms with Crippen LogP contribution < -0.4 is 5.32 Å². The van der Waals surface area contributed by atoms with Gasteiger partial charge in [-0.2, -0.15) is 0 Å². The van der Waals surface area contributed by atoms with E-state index >= 15 is 0 Å². The molecule has 0 radical (unpaired) electrons. The first kappa shape index (κ1) is 9.10. The predicted octanol–water partition coefficient (Wildman–Crippen LogP) is -0.362. The minimum atomic E-state index is -0.960. The van der Waals surface area contributed by atoms with Crippen molar-refractivity contribution in [2.75, 3.05) is 6.54 Å². The van der Waals surface area contributed by atoms with Crippen LogP contribution in [0.3, 0.4) is 0 Å². The molecule has 1 atom stereocenters. The number of hydrogen-bond donors (Lipinski definition) is 2. The van der Waals surface area contributed by atoms with Crippen LogP contribution in [-0.4, -0.2) is 29.9 Å². The Balaban J connectivity index is 3.59. The fourth-order valence-electron chi connectivity index (χ4n) is 0.619. The smallest absolute Gasteiger partial charge is 0.305 e. The summed E-state index contributed by atoms with van der Waals surface area (Å²) >= 11 is 0. The van der Waals surface area contributed by atoms with Crippen LogP contribution in [0.5, 0.6) is 0 Å². The Hall–Kier alpha value is -0.900. The number of hydrogen-bond acceptors (Lipinski definition) is 3. The van der Waals surface area contributed by atoms with Gasteiger partial charge < -0.3 is 15.2 Å². The summed E-state index contributed by atoms with van der Waals surface area (Å²) in [7, 11) is 0. The molecule has 0 saturated carbocycles. The minimum Gasteiger partial charge on any atom is -0.481 e. The van der Waals surface area contributed by atoms with Crippen molar-refractivity contribution in [2.24, 2.45) is 0 Å². The predicted molar refractivity (Wildman–Crippen MR) is 35.8 cm³/mol. The first-order valence-electron chi connectivity index (χ1n) is 3.11. The van der Waals surface area contributed by atoms with Crippen LogP contribution in [0.15, 0.2) is 0 Å². The Kier molecular flexibility index (Phi) is 4.49. The van der Waals surface area contributed by atoms with Crippen LogP contribution in [0, 0.1) is 0 Å². The average molecular weight is 145 g/mol. The van der Waals surface area contributed by atoms with E-state index < -0.39 is 12.0 Å². The van der Waals surface area contributed by atoms with Gasteiger partial charge in [0.25, 0.3) is 0 Å². The summed E-state index contributed by atoms with van der Waals surface area (Å²) in [6.07, 6.45) is 0.467. The lowest BCUT2D eigenvalue weighted by molar-refractivity contribution is -0.138. The van der Waals surface area contributed by atoms with E-state index in [-0.39, 0.29) is 6.42 Å². The van der Waals surface area contributed by atoms with Crippen molar-refractivity contribution in [3.63, 3.8) is 0 Å². The maximum atomic E-state index is 10.1. The average Bonchev–Trinajstić information content (AvgIpc) is 1.86. The van der Waals surface area contributed by atoms with E-state index in [0.29, 0.717) is 12.8 Å². The number of aldehydes is 1. The Bertz CT molecular complexity index is 124. The molecule has 0 fully saturated rings. The summed E-state index contributed by atoms with van der Waals surface area (Å²) in [5, 5.41) is 11.0. The molecule has 0 aliphatic heterocycles. The molecule has 0 heterocycles. The van der Waals surface area contributed by atoms with Crippen LogP contribution in [0.25, 0.3) is 0 Å². The number of nitrogens with one attached hydrogen (secondary N) is 1. The van der Waals surface area contributed by atoms with E-state index in [1.165, 1.54) is 0 Å². The van der Waals surface area contributed by atoms with Gasteiger partial charge in [-0.3, -0.25) is 4.79 Å². The molecule has 4 heteroatoms. The zero-order valence-electron chi connectivity index (χ0n) is 5.83. The van der Waals surface area contributed by atoms with Gasteiger partial charge in [-0.15, -0.1) is 0 Å². The molecule has 58 valence electrons. The van der Waals surface area contributed by atoms with E-state index in [2.05, 4.69) is 5.32 Å². The largest absolute Gasteiger partial charge is 0.481 e. The lowest BCUT2D eigenvalue weighted by Crippen LogP contribution is -2.32. The van der Waals surface area contributed by atoms with E-state index in [1.807, 2.05) is 6.92 Å². The van der Waals surface area contributed by atoms with E-state index in [9.17, 15) is 9.59 Å². The molecule has 0 aliphatic rings. The molecule has 0 saturated heterocycles. The number of carboxylic acid groups (broad SMARTS) is 1. The number of rotatable bonds is 5. The van der Waals surface area contributed by atoms with Crippen LogP contribution >= 0.6 is 0 Å². The van der Waals surface area contributed by atoms with Gasteiger partial charge in [0.2, 0.25) is 0 Å². The molecule has 4 nitrogen and oxygen atoms in total. The van der Waals surface area contributed by atoms with Crippen molar-refractivity contribution in [3.8, 4) is 0 Å². The summed E-state index contributed by atoms with van der Waals surface area (Å²) in [6, 6.07) is -0.539. The zero-order valence-corrected chi connectivity index (χ0v) is 5.83.